The van der Waals surface area contributed by atoms with E-state index >= 15 is 0 Å². The molecule has 1 atom stereocenters. The first-order valence-electron chi connectivity index (χ1n) is 7.09. The van der Waals surface area contributed by atoms with Crippen molar-refractivity contribution in [1.29, 1.82) is 0 Å². The predicted molar refractivity (Wildman–Crippen MR) is 83.8 cm³/mol. The summed E-state index contributed by atoms with van der Waals surface area (Å²) in [5.74, 6) is 5.67. The van der Waals surface area contributed by atoms with Gasteiger partial charge in [-0.15, -0.1) is 0 Å². The molecule has 1 rings (SSSR count). The molecule has 4 nitrogen and oxygen atoms in total. The number of aromatic nitrogens is 1. The second kappa shape index (κ2) is 7.24. The highest BCUT2D eigenvalue weighted by Crippen LogP contribution is 2.24. The SMILES string of the molecule is CC(N(C)C(=O)c1cncc(C#CCCO)c1)C(C)(C)C. The molecule has 21 heavy (non-hydrogen) atoms. The minimum atomic E-state index is -0.0595. The Morgan fingerprint density at radius 1 is 1.43 bits per heavy atom. The monoisotopic (exact) mass is 288 g/mol. The number of aliphatic hydroxyl groups excluding tert-OH is 1. The Balaban J connectivity index is 2.93. The van der Waals surface area contributed by atoms with E-state index in [0.717, 1.165) is 0 Å². The van der Waals surface area contributed by atoms with Gasteiger partial charge in [0, 0.05) is 37.5 Å². The molecule has 1 aromatic rings. The average molecular weight is 288 g/mol. The Hall–Kier alpha value is -1.86. The van der Waals surface area contributed by atoms with Gasteiger partial charge in [-0.1, -0.05) is 32.6 Å². The van der Waals surface area contributed by atoms with Gasteiger partial charge in [-0.25, -0.2) is 0 Å². The lowest BCUT2D eigenvalue weighted by atomic mass is 9.87. The van der Waals surface area contributed by atoms with Crippen molar-refractivity contribution in [2.75, 3.05) is 13.7 Å². The smallest absolute Gasteiger partial charge is 0.255 e. The summed E-state index contributed by atoms with van der Waals surface area (Å²) >= 11 is 0. The molecule has 4 heteroatoms. The van der Waals surface area contributed by atoms with Gasteiger partial charge >= 0.3 is 0 Å². The fourth-order valence-corrected chi connectivity index (χ4v) is 1.81. The Bertz CT molecular complexity index is 550. The van der Waals surface area contributed by atoms with E-state index in [1.54, 1.807) is 23.4 Å². The maximum Gasteiger partial charge on any atom is 0.255 e. The van der Waals surface area contributed by atoms with Crippen molar-refractivity contribution in [2.45, 2.75) is 40.2 Å². The number of rotatable bonds is 3. The van der Waals surface area contributed by atoms with Crippen molar-refractivity contribution >= 4 is 5.91 Å². The van der Waals surface area contributed by atoms with Crippen molar-refractivity contribution in [3.05, 3.63) is 29.6 Å². The van der Waals surface area contributed by atoms with Gasteiger partial charge in [-0.05, 0) is 18.4 Å². The number of nitrogens with zero attached hydrogens (tertiary/aromatic N) is 2. The van der Waals surface area contributed by atoms with Crippen molar-refractivity contribution in [3.8, 4) is 11.8 Å². The van der Waals surface area contributed by atoms with E-state index in [0.29, 0.717) is 17.5 Å². The first-order valence-corrected chi connectivity index (χ1v) is 7.09. The average Bonchev–Trinajstić information content (AvgIpc) is 2.44. The van der Waals surface area contributed by atoms with Crippen LogP contribution in [0.5, 0.6) is 0 Å². The summed E-state index contributed by atoms with van der Waals surface area (Å²) in [5, 5.41) is 8.72. The molecule has 1 N–H and O–H groups in total. The molecule has 0 saturated heterocycles. The Kier molecular flexibility index (Phi) is 5.92. The summed E-state index contributed by atoms with van der Waals surface area (Å²) in [6, 6.07) is 1.85. The summed E-state index contributed by atoms with van der Waals surface area (Å²) < 4.78 is 0. The van der Waals surface area contributed by atoms with Crippen LogP contribution in [0.15, 0.2) is 18.5 Å². The molecule has 1 heterocycles. The zero-order valence-electron chi connectivity index (χ0n) is 13.5. The van der Waals surface area contributed by atoms with Crippen LogP contribution in [0, 0.1) is 17.3 Å². The highest BCUT2D eigenvalue weighted by molar-refractivity contribution is 5.94. The van der Waals surface area contributed by atoms with Crippen LogP contribution < -0.4 is 0 Å². The van der Waals surface area contributed by atoms with E-state index < -0.39 is 0 Å². The van der Waals surface area contributed by atoms with E-state index in [-0.39, 0.29) is 24.0 Å². The van der Waals surface area contributed by atoms with Crippen LogP contribution in [-0.2, 0) is 0 Å². The molecule has 0 spiro atoms. The molecule has 0 aliphatic rings. The predicted octanol–water partition coefficient (Wildman–Crippen LogP) is 2.32. The molecule has 1 amide bonds. The number of carbonyl (C=O) groups excluding carboxylic acids is 1. The lowest BCUT2D eigenvalue weighted by Gasteiger charge is -2.35. The minimum Gasteiger partial charge on any atom is -0.395 e. The van der Waals surface area contributed by atoms with Gasteiger partial charge < -0.3 is 10.0 Å². The van der Waals surface area contributed by atoms with Crippen LogP contribution in [0.25, 0.3) is 0 Å². The van der Waals surface area contributed by atoms with Crippen LogP contribution in [0.3, 0.4) is 0 Å². The van der Waals surface area contributed by atoms with Gasteiger partial charge in [0.2, 0.25) is 0 Å². The molecule has 0 aromatic carbocycles. The quantitative estimate of drug-likeness (QED) is 0.868. The molecule has 0 bridgehead atoms. The molecule has 0 fully saturated rings. The Labute approximate surface area is 127 Å². The zero-order valence-corrected chi connectivity index (χ0v) is 13.5. The normalized spacial score (nSPS) is 12.3. The fourth-order valence-electron chi connectivity index (χ4n) is 1.81. The standard InChI is InChI=1S/C17H24N2O2/c1-13(17(2,3)4)19(5)16(21)15-10-14(11-18-12-15)8-6-7-9-20/h10-13,20H,7,9H2,1-5H3. The summed E-state index contributed by atoms with van der Waals surface area (Å²) in [6.45, 7) is 8.39. The molecule has 0 aliphatic heterocycles. The van der Waals surface area contributed by atoms with Crippen LogP contribution >= 0.6 is 0 Å². The van der Waals surface area contributed by atoms with Gasteiger partial charge in [-0.3, -0.25) is 9.78 Å². The van der Waals surface area contributed by atoms with Crippen LogP contribution in [0.2, 0.25) is 0 Å². The van der Waals surface area contributed by atoms with Crippen LogP contribution in [0.4, 0.5) is 0 Å². The number of amides is 1. The highest BCUT2D eigenvalue weighted by atomic mass is 16.2. The summed E-state index contributed by atoms with van der Waals surface area (Å²) in [6.07, 6.45) is 3.60. The lowest BCUT2D eigenvalue weighted by molar-refractivity contribution is 0.0629. The Morgan fingerprint density at radius 3 is 2.67 bits per heavy atom. The fraction of sp³-hybridized carbons (Fsp3) is 0.529. The third-order valence-corrected chi connectivity index (χ3v) is 3.61. The van der Waals surface area contributed by atoms with Gasteiger partial charge in [0.25, 0.3) is 5.91 Å². The minimum absolute atomic E-state index is 0.0103. The summed E-state index contributed by atoms with van der Waals surface area (Å²) in [5.41, 5.74) is 1.23. The number of carbonyl (C=O) groups is 1. The molecular weight excluding hydrogens is 264 g/mol. The topological polar surface area (TPSA) is 53.4 Å². The van der Waals surface area contributed by atoms with Gasteiger partial charge in [-0.2, -0.15) is 0 Å². The van der Waals surface area contributed by atoms with Gasteiger partial charge in [0.15, 0.2) is 0 Å². The van der Waals surface area contributed by atoms with Crippen molar-refractivity contribution < 1.29 is 9.90 Å². The second-order valence-electron chi connectivity index (χ2n) is 6.20. The molecule has 0 aliphatic carbocycles. The van der Waals surface area contributed by atoms with Crippen LogP contribution in [-0.4, -0.2) is 40.6 Å². The number of aliphatic hydroxyl groups is 1. The molecule has 0 saturated carbocycles. The van der Waals surface area contributed by atoms with Crippen molar-refractivity contribution in [3.63, 3.8) is 0 Å². The molecule has 0 radical (unpaired) electrons. The van der Waals surface area contributed by atoms with Crippen molar-refractivity contribution in [1.82, 2.24) is 9.88 Å². The van der Waals surface area contributed by atoms with E-state index in [9.17, 15) is 4.79 Å². The number of hydrogen-bond acceptors (Lipinski definition) is 3. The zero-order chi connectivity index (χ0) is 16.0. The largest absolute Gasteiger partial charge is 0.395 e. The van der Waals surface area contributed by atoms with Crippen molar-refractivity contribution in [2.24, 2.45) is 5.41 Å². The summed E-state index contributed by atoms with van der Waals surface area (Å²) in [4.78, 5) is 18.3. The number of pyridine rings is 1. The van der Waals surface area contributed by atoms with E-state index in [1.807, 2.05) is 14.0 Å². The first-order chi connectivity index (χ1) is 9.77. The third-order valence-electron chi connectivity index (χ3n) is 3.61. The van der Waals surface area contributed by atoms with Crippen LogP contribution in [0.1, 0.15) is 50.0 Å². The number of hydrogen-bond donors (Lipinski definition) is 1. The maximum absolute atomic E-state index is 12.5. The third kappa shape index (κ3) is 4.87. The first kappa shape index (κ1) is 17.2. The molecule has 114 valence electrons. The van der Waals surface area contributed by atoms with Gasteiger partial charge in [0.1, 0.15) is 0 Å². The molecule has 1 aromatic heterocycles. The summed E-state index contributed by atoms with van der Waals surface area (Å²) in [7, 11) is 1.81. The lowest BCUT2D eigenvalue weighted by Crippen LogP contribution is -2.43. The second-order valence-corrected chi connectivity index (χ2v) is 6.20. The van der Waals surface area contributed by atoms with E-state index in [1.165, 1.54) is 0 Å². The molecular formula is C17H24N2O2. The van der Waals surface area contributed by atoms with Gasteiger partial charge in [0.05, 0.1) is 12.2 Å². The van der Waals surface area contributed by atoms with E-state index in [2.05, 4.69) is 37.6 Å². The maximum atomic E-state index is 12.5. The highest BCUT2D eigenvalue weighted by Gasteiger charge is 2.27. The molecule has 1 unspecified atom stereocenters. The van der Waals surface area contributed by atoms with E-state index in [4.69, 9.17) is 5.11 Å². The Morgan fingerprint density at radius 2 is 2.10 bits per heavy atom.